The van der Waals surface area contributed by atoms with Crippen LogP contribution in [0, 0.1) is 0 Å². The third-order valence-corrected chi connectivity index (χ3v) is 7.84. The molecule has 0 saturated carbocycles. The first-order chi connectivity index (χ1) is 21.5. The molecule has 6 rings (SSSR count). The summed E-state index contributed by atoms with van der Waals surface area (Å²) in [5, 5.41) is 13.0. The van der Waals surface area contributed by atoms with Crippen LogP contribution in [0.3, 0.4) is 0 Å². The molecule has 12 nitrogen and oxygen atoms in total. The fourth-order valence-corrected chi connectivity index (χ4v) is 5.37. The number of benzene rings is 3. The van der Waals surface area contributed by atoms with E-state index in [9.17, 15) is 0 Å². The Hall–Kier alpha value is -5.10. The Morgan fingerprint density at radius 3 is 2.36 bits per heavy atom. The van der Waals surface area contributed by atoms with Gasteiger partial charge in [0.1, 0.15) is 6.61 Å². The second-order valence-corrected chi connectivity index (χ2v) is 10.6. The van der Waals surface area contributed by atoms with Crippen LogP contribution in [0.4, 0.5) is 5.69 Å². The largest absolute Gasteiger partial charge is 0.493 e. The van der Waals surface area contributed by atoms with Crippen molar-refractivity contribution in [3.8, 4) is 40.1 Å². The van der Waals surface area contributed by atoms with E-state index >= 15 is 0 Å². The van der Waals surface area contributed by atoms with Crippen molar-refractivity contribution >= 4 is 5.69 Å². The molecule has 2 N–H and O–H groups in total. The van der Waals surface area contributed by atoms with Crippen LogP contribution in [0.1, 0.15) is 16.7 Å². The van der Waals surface area contributed by atoms with Crippen LogP contribution in [0.25, 0.3) is 17.1 Å². The molecular weight excluding hydrogens is 560 g/mol. The lowest BCUT2D eigenvalue weighted by atomic mass is 9.98. The molecule has 3 aromatic carbocycles. The van der Waals surface area contributed by atoms with E-state index in [-0.39, 0.29) is 0 Å². The third-order valence-electron chi connectivity index (χ3n) is 7.84. The van der Waals surface area contributed by atoms with E-state index in [1.165, 1.54) is 21.5 Å². The van der Waals surface area contributed by atoms with Gasteiger partial charge >= 0.3 is 0 Å². The number of hydrogen-bond donors (Lipinski definition) is 1. The summed E-state index contributed by atoms with van der Waals surface area (Å²) in [4.78, 5) is 8.07. The maximum Gasteiger partial charge on any atom is 0.207 e. The summed E-state index contributed by atoms with van der Waals surface area (Å²) < 4.78 is 24.5. The molecule has 2 aromatic heterocycles. The highest BCUT2D eigenvalue weighted by Crippen LogP contribution is 2.36. The molecule has 44 heavy (non-hydrogen) atoms. The molecule has 1 aliphatic heterocycles. The minimum Gasteiger partial charge on any atom is -0.493 e. The van der Waals surface area contributed by atoms with E-state index in [1.54, 1.807) is 46.0 Å². The number of imidazole rings is 1. The van der Waals surface area contributed by atoms with Crippen molar-refractivity contribution in [1.82, 2.24) is 34.7 Å². The standard InChI is InChI=1S/C32H36N8O4/c1-41-28-16-23-9-12-38(20-24(23)17-31(28)44-15-14-39-13-10-34-21-39)11-8-22-4-6-25(7-5-22)40-36-32(35-37-40)26-18-29(42-2)30(43-3)19-27(26)33/h4-7,10,13,16-19,21H,8-9,11-12,14-15,20,33H2,1-3H3. The monoisotopic (exact) mass is 596 g/mol. The van der Waals surface area contributed by atoms with Gasteiger partial charge in [-0.05, 0) is 65.1 Å². The quantitative estimate of drug-likeness (QED) is 0.212. The fraction of sp³-hybridized carbons (Fsp3) is 0.312. The van der Waals surface area contributed by atoms with E-state index in [0.717, 1.165) is 56.2 Å². The summed E-state index contributed by atoms with van der Waals surface area (Å²) >= 11 is 0. The van der Waals surface area contributed by atoms with Gasteiger partial charge in [-0.15, -0.1) is 15.0 Å². The predicted molar refractivity (Wildman–Crippen MR) is 166 cm³/mol. The Labute approximate surface area is 255 Å². The molecule has 5 aromatic rings. The van der Waals surface area contributed by atoms with E-state index in [0.29, 0.717) is 35.2 Å². The Balaban J connectivity index is 1.07. The smallest absolute Gasteiger partial charge is 0.207 e. The second kappa shape index (κ2) is 13.0. The van der Waals surface area contributed by atoms with Crippen LogP contribution in [0.2, 0.25) is 0 Å². The van der Waals surface area contributed by atoms with Gasteiger partial charge in [0.2, 0.25) is 5.82 Å². The lowest BCUT2D eigenvalue weighted by Gasteiger charge is -2.29. The van der Waals surface area contributed by atoms with Crippen LogP contribution in [-0.4, -0.2) is 75.7 Å². The van der Waals surface area contributed by atoms with Gasteiger partial charge in [-0.1, -0.05) is 12.1 Å². The first-order valence-corrected chi connectivity index (χ1v) is 14.5. The second-order valence-electron chi connectivity index (χ2n) is 10.6. The van der Waals surface area contributed by atoms with Crippen molar-refractivity contribution < 1.29 is 18.9 Å². The zero-order valence-corrected chi connectivity index (χ0v) is 25.1. The number of nitrogens with zero attached hydrogens (tertiary/aromatic N) is 7. The van der Waals surface area contributed by atoms with Crippen LogP contribution in [0.5, 0.6) is 23.0 Å². The third kappa shape index (κ3) is 6.30. The summed E-state index contributed by atoms with van der Waals surface area (Å²) in [6, 6.07) is 15.9. The van der Waals surface area contributed by atoms with Gasteiger partial charge in [0.05, 0.1) is 39.9 Å². The fourth-order valence-electron chi connectivity index (χ4n) is 5.37. The molecule has 3 heterocycles. The zero-order valence-electron chi connectivity index (χ0n) is 25.1. The Kier molecular flexibility index (Phi) is 8.59. The predicted octanol–water partition coefficient (Wildman–Crippen LogP) is 3.81. The number of nitrogens with two attached hydrogens (primary N) is 1. The van der Waals surface area contributed by atoms with Gasteiger partial charge in [0.25, 0.3) is 0 Å². The number of anilines is 1. The molecule has 0 amide bonds. The molecule has 0 radical (unpaired) electrons. The number of rotatable bonds is 12. The zero-order chi connectivity index (χ0) is 30.5. The SMILES string of the molecule is COc1cc(N)c(-c2nnn(-c3ccc(CCN4CCc5cc(OC)c(OCCn6ccnc6)cc5C4)cc3)n2)cc1OC. The Morgan fingerprint density at radius 1 is 0.864 bits per heavy atom. The number of hydrogen-bond acceptors (Lipinski definition) is 10. The normalized spacial score (nSPS) is 13.0. The summed E-state index contributed by atoms with van der Waals surface area (Å²) in [5.41, 5.74) is 12.0. The summed E-state index contributed by atoms with van der Waals surface area (Å²) in [7, 11) is 4.83. The number of aromatic nitrogens is 6. The first-order valence-electron chi connectivity index (χ1n) is 14.5. The summed E-state index contributed by atoms with van der Waals surface area (Å²) in [6.07, 6.45) is 7.39. The number of ether oxygens (including phenoxy) is 4. The van der Waals surface area contributed by atoms with Gasteiger partial charge in [-0.3, -0.25) is 4.90 Å². The maximum absolute atomic E-state index is 6.23. The number of nitrogen functional groups attached to an aromatic ring is 1. The van der Waals surface area contributed by atoms with E-state index in [2.05, 4.69) is 49.6 Å². The molecule has 0 atom stereocenters. The van der Waals surface area contributed by atoms with Gasteiger partial charge in [0, 0.05) is 49.3 Å². The lowest BCUT2D eigenvalue weighted by molar-refractivity contribution is 0.252. The molecule has 1 aliphatic rings. The number of tetrazole rings is 1. The average molecular weight is 597 g/mol. The highest BCUT2D eigenvalue weighted by atomic mass is 16.5. The van der Waals surface area contributed by atoms with Crippen molar-refractivity contribution in [3.63, 3.8) is 0 Å². The number of fused-ring (bicyclic) bond motifs is 1. The number of methoxy groups -OCH3 is 3. The average Bonchev–Trinajstić information content (AvgIpc) is 3.76. The minimum atomic E-state index is 0.405. The first kappa shape index (κ1) is 29.0. The van der Waals surface area contributed by atoms with Crippen LogP contribution < -0.4 is 24.7 Å². The minimum absolute atomic E-state index is 0.405. The molecule has 0 fully saturated rings. The van der Waals surface area contributed by atoms with Gasteiger partial charge in [0.15, 0.2) is 23.0 Å². The van der Waals surface area contributed by atoms with Crippen molar-refractivity contribution in [2.24, 2.45) is 0 Å². The van der Waals surface area contributed by atoms with Crippen molar-refractivity contribution in [1.29, 1.82) is 0 Å². The molecule has 0 bridgehead atoms. The molecule has 0 unspecified atom stereocenters. The van der Waals surface area contributed by atoms with Crippen molar-refractivity contribution in [2.45, 2.75) is 25.9 Å². The van der Waals surface area contributed by atoms with Gasteiger partial charge in [-0.25, -0.2) is 4.98 Å². The van der Waals surface area contributed by atoms with E-state index < -0.39 is 0 Å². The van der Waals surface area contributed by atoms with E-state index in [1.807, 2.05) is 22.9 Å². The van der Waals surface area contributed by atoms with Crippen LogP contribution in [-0.2, 0) is 25.9 Å². The van der Waals surface area contributed by atoms with Crippen molar-refractivity contribution in [2.75, 3.05) is 46.8 Å². The molecule has 0 spiro atoms. The molecule has 0 saturated heterocycles. The summed E-state index contributed by atoms with van der Waals surface area (Å²) in [5.74, 6) is 3.06. The topological polar surface area (TPSA) is 128 Å². The van der Waals surface area contributed by atoms with Crippen LogP contribution >= 0.6 is 0 Å². The van der Waals surface area contributed by atoms with Gasteiger partial charge in [-0.2, -0.15) is 0 Å². The van der Waals surface area contributed by atoms with E-state index in [4.69, 9.17) is 24.7 Å². The summed E-state index contributed by atoms with van der Waals surface area (Å²) in [6.45, 7) is 4.10. The molecule has 12 heteroatoms. The lowest BCUT2D eigenvalue weighted by Crippen LogP contribution is -2.32. The highest BCUT2D eigenvalue weighted by Gasteiger charge is 2.20. The van der Waals surface area contributed by atoms with Gasteiger partial charge < -0.3 is 29.2 Å². The maximum atomic E-state index is 6.23. The molecule has 0 aliphatic carbocycles. The molecule has 228 valence electrons. The Bertz CT molecular complexity index is 1700. The highest BCUT2D eigenvalue weighted by molar-refractivity contribution is 5.75. The Morgan fingerprint density at radius 2 is 1.61 bits per heavy atom. The molecular formula is C32H36N8O4. The van der Waals surface area contributed by atoms with Crippen LogP contribution in [0.15, 0.2) is 67.3 Å². The van der Waals surface area contributed by atoms with Crippen molar-refractivity contribution in [3.05, 3.63) is 83.9 Å².